The van der Waals surface area contributed by atoms with Crippen molar-refractivity contribution < 1.29 is 0 Å². The molecule has 2 aromatic heterocycles. The van der Waals surface area contributed by atoms with Crippen LogP contribution in [0, 0.1) is 6.92 Å². The van der Waals surface area contributed by atoms with Crippen molar-refractivity contribution in [1.29, 1.82) is 0 Å². The van der Waals surface area contributed by atoms with E-state index in [1.807, 2.05) is 18.3 Å². The Labute approximate surface area is 170 Å². The number of benzene rings is 2. The van der Waals surface area contributed by atoms with Gasteiger partial charge in [-0.3, -0.25) is 5.10 Å². The molecule has 1 aliphatic rings. The SMILES string of the molecule is Cc1ccccc1-c1ncc2[nH]nc(-c3ccc(N4CCN(C)CC4)cc3)c2n1. The molecule has 1 saturated heterocycles. The zero-order valence-corrected chi connectivity index (χ0v) is 16.8. The second-order valence-corrected chi connectivity index (χ2v) is 7.68. The third-order valence-electron chi connectivity index (χ3n) is 5.70. The summed E-state index contributed by atoms with van der Waals surface area (Å²) in [5, 5.41) is 7.60. The van der Waals surface area contributed by atoms with Crippen LogP contribution in [-0.2, 0) is 0 Å². The molecule has 0 radical (unpaired) electrons. The monoisotopic (exact) mass is 384 g/mol. The summed E-state index contributed by atoms with van der Waals surface area (Å²) >= 11 is 0. The van der Waals surface area contributed by atoms with Gasteiger partial charge in [-0.15, -0.1) is 0 Å². The van der Waals surface area contributed by atoms with E-state index in [4.69, 9.17) is 4.98 Å². The summed E-state index contributed by atoms with van der Waals surface area (Å²) in [6.45, 7) is 6.41. The minimum absolute atomic E-state index is 0.729. The smallest absolute Gasteiger partial charge is 0.160 e. The van der Waals surface area contributed by atoms with Crippen molar-refractivity contribution >= 4 is 16.7 Å². The first-order chi connectivity index (χ1) is 14.2. The minimum atomic E-state index is 0.729. The van der Waals surface area contributed by atoms with Gasteiger partial charge in [0.25, 0.3) is 0 Å². The van der Waals surface area contributed by atoms with Crippen LogP contribution in [0.15, 0.2) is 54.7 Å². The van der Waals surface area contributed by atoms with Crippen molar-refractivity contribution in [2.24, 2.45) is 0 Å². The van der Waals surface area contributed by atoms with Gasteiger partial charge in [0.05, 0.1) is 6.20 Å². The van der Waals surface area contributed by atoms with Crippen LogP contribution < -0.4 is 4.90 Å². The van der Waals surface area contributed by atoms with Crippen LogP contribution in [0.4, 0.5) is 5.69 Å². The molecule has 1 aliphatic heterocycles. The number of aryl methyl sites for hydroxylation is 1. The van der Waals surface area contributed by atoms with Crippen molar-refractivity contribution in [3.63, 3.8) is 0 Å². The fourth-order valence-corrected chi connectivity index (χ4v) is 3.86. The van der Waals surface area contributed by atoms with E-state index in [0.29, 0.717) is 0 Å². The first kappa shape index (κ1) is 17.8. The van der Waals surface area contributed by atoms with Gasteiger partial charge in [-0.25, -0.2) is 9.97 Å². The summed E-state index contributed by atoms with van der Waals surface area (Å²) in [5.41, 5.74) is 7.09. The summed E-state index contributed by atoms with van der Waals surface area (Å²) < 4.78 is 0. The van der Waals surface area contributed by atoms with Gasteiger partial charge in [0.1, 0.15) is 16.7 Å². The van der Waals surface area contributed by atoms with E-state index >= 15 is 0 Å². The first-order valence-electron chi connectivity index (χ1n) is 10.00. The van der Waals surface area contributed by atoms with Crippen LogP contribution in [-0.4, -0.2) is 58.3 Å². The van der Waals surface area contributed by atoms with E-state index < -0.39 is 0 Å². The summed E-state index contributed by atoms with van der Waals surface area (Å²) in [4.78, 5) is 14.2. The van der Waals surface area contributed by atoms with Gasteiger partial charge in [0.15, 0.2) is 5.82 Å². The molecular weight excluding hydrogens is 360 g/mol. The molecule has 4 aromatic rings. The van der Waals surface area contributed by atoms with Gasteiger partial charge in [-0.05, 0) is 31.7 Å². The Bertz CT molecular complexity index is 1140. The number of aromatic amines is 1. The summed E-state index contributed by atoms with van der Waals surface area (Å²) in [7, 11) is 2.18. The van der Waals surface area contributed by atoms with Crippen LogP contribution in [0.25, 0.3) is 33.7 Å². The predicted molar refractivity (Wildman–Crippen MR) is 117 cm³/mol. The molecule has 1 fully saturated rings. The number of aromatic nitrogens is 4. The van der Waals surface area contributed by atoms with Gasteiger partial charge >= 0.3 is 0 Å². The van der Waals surface area contributed by atoms with E-state index in [2.05, 4.69) is 75.4 Å². The quantitative estimate of drug-likeness (QED) is 0.583. The van der Waals surface area contributed by atoms with E-state index in [1.54, 1.807) is 0 Å². The van der Waals surface area contributed by atoms with E-state index in [0.717, 1.165) is 65.4 Å². The van der Waals surface area contributed by atoms with Gasteiger partial charge in [0, 0.05) is 43.0 Å². The number of nitrogens with zero attached hydrogens (tertiary/aromatic N) is 5. The lowest BCUT2D eigenvalue weighted by Gasteiger charge is -2.34. The Morgan fingerprint density at radius 1 is 0.931 bits per heavy atom. The van der Waals surface area contributed by atoms with Gasteiger partial charge in [-0.1, -0.05) is 36.4 Å². The average molecular weight is 384 g/mol. The largest absolute Gasteiger partial charge is 0.369 e. The fourth-order valence-electron chi connectivity index (χ4n) is 3.86. The van der Waals surface area contributed by atoms with Gasteiger partial charge < -0.3 is 9.80 Å². The highest BCUT2D eigenvalue weighted by Gasteiger charge is 2.16. The number of H-pyrrole nitrogens is 1. The maximum atomic E-state index is 4.84. The molecule has 2 aromatic carbocycles. The van der Waals surface area contributed by atoms with Crippen LogP contribution >= 0.6 is 0 Å². The zero-order chi connectivity index (χ0) is 19.8. The second kappa shape index (κ2) is 7.29. The number of likely N-dealkylation sites (N-methyl/N-ethyl adjacent to an activating group) is 1. The van der Waals surface area contributed by atoms with Gasteiger partial charge in [-0.2, -0.15) is 5.10 Å². The molecule has 0 atom stereocenters. The Morgan fingerprint density at radius 2 is 1.69 bits per heavy atom. The van der Waals surface area contributed by atoms with Crippen molar-refractivity contribution in [3.05, 3.63) is 60.3 Å². The predicted octanol–water partition coefficient (Wildman–Crippen LogP) is 3.75. The van der Waals surface area contributed by atoms with Crippen LogP contribution in [0.2, 0.25) is 0 Å². The zero-order valence-electron chi connectivity index (χ0n) is 16.8. The average Bonchev–Trinajstić information content (AvgIpc) is 3.18. The Balaban J connectivity index is 1.49. The summed E-state index contributed by atoms with van der Waals surface area (Å²) in [5.74, 6) is 0.729. The molecule has 29 heavy (non-hydrogen) atoms. The van der Waals surface area contributed by atoms with Crippen molar-refractivity contribution in [2.45, 2.75) is 6.92 Å². The molecule has 0 unspecified atom stereocenters. The number of hydrogen-bond acceptors (Lipinski definition) is 5. The van der Waals surface area contributed by atoms with Crippen molar-refractivity contribution in [1.82, 2.24) is 25.1 Å². The normalized spacial score (nSPS) is 15.2. The molecule has 0 spiro atoms. The number of rotatable bonds is 3. The number of hydrogen-bond donors (Lipinski definition) is 1. The second-order valence-electron chi connectivity index (χ2n) is 7.68. The lowest BCUT2D eigenvalue weighted by molar-refractivity contribution is 0.313. The first-order valence-corrected chi connectivity index (χ1v) is 10.00. The van der Waals surface area contributed by atoms with E-state index in [1.165, 1.54) is 5.69 Å². The van der Waals surface area contributed by atoms with Crippen molar-refractivity contribution in [2.75, 3.05) is 38.1 Å². The summed E-state index contributed by atoms with van der Waals surface area (Å²) in [6, 6.07) is 16.8. The van der Waals surface area contributed by atoms with Crippen LogP contribution in [0.3, 0.4) is 0 Å². The molecule has 0 amide bonds. The molecule has 6 nitrogen and oxygen atoms in total. The number of nitrogens with one attached hydrogen (secondary N) is 1. The Morgan fingerprint density at radius 3 is 2.45 bits per heavy atom. The minimum Gasteiger partial charge on any atom is -0.369 e. The maximum Gasteiger partial charge on any atom is 0.160 e. The topological polar surface area (TPSA) is 60.9 Å². The lowest BCUT2D eigenvalue weighted by atomic mass is 10.1. The van der Waals surface area contributed by atoms with Crippen molar-refractivity contribution in [3.8, 4) is 22.6 Å². The maximum absolute atomic E-state index is 4.84. The third kappa shape index (κ3) is 3.36. The Hall–Kier alpha value is -3.25. The Kier molecular flexibility index (Phi) is 4.48. The molecule has 6 heteroatoms. The molecule has 5 rings (SSSR count). The molecule has 146 valence electrons. The molecule has 3 heterocycles. The number of fused-ring (bicyclic) bond motifs is 1. The molecule has 0 saturated carbocycles. The lowest BCUT2D eigenvalue weighted by Crippen LogP contribution is -2.44. The highest BCUT2D eigenvalue weighted by molar-refractivity contribution is 5.90. The third-order valence-corrected chi connectivity index (χ3v) is 5.70. The molecule has 1 N–H and O–H groups in total. The standard InChI is InChI=1S/C23H24N6/c1-16-5-3-4-6-19(16)23-24-15-20-22(25-23)21(27-26-20)17-7-9-18(10-8-17)29-13-11-28(2)12-14-29/h3-10,15H,11-14H2,1-2H3,(H,26,27). The molecule has 0 bridgehead atoms. The fraction of sp³-hybridized carbons (Fsp3) is 0.261. The number of piperazine rings is 1. The van der Waals surface area contributed by atoms with Gasteiger partial charge in [0.2, 0.25) is 0 Å². The number of anilines is 1. The highest BCUT2D eigenvalue weighted by atomic mass is 15.2. The summed E-state index contributed by atoms with van der Waals surface area (Å²) in [6.07, 6.45) is 1.82. The van der Waals surface area contributed by atoms with E-state index in [-0.39, 0.29) is 0 Å². The molecular formula is C23H24N6. The molecule has 0 aliphatic carbocycles. The van der Waals surface area contributed by atoms with Crippen LogP contribution in [0.5, 0.6) is 0 Å². The van der Waals surface area contributed by atoms with E-state index in [9.17, 15) is 0 Å². The highest BCUT2D eigenvalue weighted by Crippen LogP contribution is 2.29. The van der Waals surface area contributed by atoms with Crippen LogP contribution in [0.1, 0.15) is 5.56 Å².